The molecule has 0 radical (unpaired) electrons. The molecule has 0 spiro atoms. The van der Waals surface area contributed by atoms with Crippen LogP contribution in [0, 0.1) is 17.0 Å². The number of amides is 1. The van der Waals surface area contributed by atoms with E-state index < -0.39 is 4.92 Å². The van der Waals surface area contributed by atoms with Crippen LogP contribution in [-0.4, -0.2) is 28.8 Å². The van der Waals surface area contributed by atoms with Gasteiger partial charge in [-0.25, -0.2) is 0 Å². The Labute approximate surface area is 146 Å². The van der Waals surface area contributed by atoms with Crippen molar-refractivity contribution in [2.45, 2.75) is 26.4 Å². The molecule has 0 unspecified atom stereocenters. The lowest BCUT2D eigenvalue weighted by Crippen LogP contribution is -2.27. The second-order valence-electron chi connectivity index (χ2n) is 6.19. The zero-order chi connectivity index (χ0) is 17.8. The summed E-state index contributed by atoms with van der Waals surface area (Å²) < 4.78 is 5.69. The molecule has 0 N–H and O–H groups in total. The minimum absolute atomic E-state index is 0.0796. The summed E-state index contributed by atoms with van der Waals surface area (Å²) in [5.41, 5.74) is 2.27. The minimum atomic E-state index is -0.408. The number of likely N-dealkylation sites (tertiary alicyclic amines) is 1. The van der Waals surface area contributed by atoms with E-state index in [-0.39, 0.29) is 11.6 Å². The molecule has 1 aliphatic heterocycles. The van der Waals surface area contributed by atoms with Gasteiger partial charge in [-0.1, -0.05) is 12.1 Å². The molecule has 2 aromatic carbocycles. The Balaban J connectivity index is 1.61. The Morgan fingerprint density at radius 3 is 2.44 bits per heavy atom. The number of ether oxygens (including phenoxy) is 1. The first-order chi connectivity index (χ1) is 12.0. The molecule has 0 atom stereocenters. The number of hydrogen-bond donors (Lipinski definition) is 0. The quantitative estimate of drug-likeness (QED) is 0.614. The van der Waals surface area contributed by atoms with Crippen LogP contribution in [0.25, 0.3) is 0 Å². The summed E-state index contributed by atoms with van der Waals surface area (Å²) in [5.74, 6) is 0.663. The van der Waals surface area contributed by atoms with Crippen molar-refractivity contribution in [2.24, 2.45) is 0 Å². The maximum absolute atomic E-state index is 12.3. The third-order valence-electron chi connectivity index (χ3n) is 4.36. The van der Waals surface area contributed by atoms with Gasteiger partial charge in [-0.2, -0.15) is 0 Å². The van der Waals surface area contributed by atoms with Crippen LogP contribution in [0.3, 0.4) is 0 Å². The van der Waals surface area contributed by atoms with E-state index in [0.29, 0.717) is 23.5 Å². The van der Waals surface area contributed by atoms with Gasteiger partial charge < -0.3 is 9.64 Å². The highest BCUT2D eigenvalue weighted by Crippen LogP contribution is 2.23. The maximum Gasteiger partial charge on any atom is 0.272 e. The molecule has 1 heterocycles. The van der Waals surface area contributed by atoms with Crippen LogP contribution in [0.5, 0.6) is 5.75 Å². The zero-order valence-corrected chi connectivity index (χ0v) is 14.1. The lowest BCUT2D eigenvalue weighted by molar-refractivity contribution is -0.385. The van der Waals surface area contributed by atoms with E-state index in [0.717, 1.165) is 31.5 Å². The van der Waals surface area contributed by atoms with Gasteiger partial charge in [0.1, 0.15) is 12.4 Å². The number of benzene rings is 2. The molecule has 1 fully saturated rings. The third-order valence-corrected chi connectivity index (χ3v) is 4.36. The van der Waals surface area contributed by atoms with Gasteiger partial charge in [0.25, 0.3) is 11.6 Å². The van der Waals surface area contributed by atoms with Crippen LogP contribution in [0.15, 0.2) is 42.5 Å². The smallest absolute Gasteiger partial charge is 0.272 e. The summed E-state index contributed by atoms with van der Waals surface area (Å²) >= 11 is 0. The molecule has 0 aromatic heterocycles. The van der Waals surface area contributed by atoms with Crippen molar-refractivity contribution in [2.75, 3.05) is 13.1 Å². The highest BCUT2D eigenvalue weighted by Gasteiger charge is 2.19. The van der Waals surface area contributed by atoms with Gasteiger partial charge in [-0.3, -0.25) is 14.9 Å². The van der Waals surface area contributed by atoms with Gasteiger partial charge in [0.05, 0.1) is 4.92 Å². The number of carbonyl (C=O) groups excluding carboxylic acids is 1. The summed E-state index contributed by atoms with van der Waals surface area (Å²) in [6.07, 6.45) is 2.15. The van der Waals surface area contributed by atoms with Crippen molar-refractivity contribution in [1.82, 2.24) is 4.90 Å². The van der Waals surface area contributed by atoms with Crippen molar-refractivity contribution in [3.8, 4) is 5.75 Å². The molecule has 0 bridgehead atoms. The lowest BCUT2D eigenvalue weighted by atomic mass is 10.1. The zero-order valence-electron chi connectivity index (χ0n) is 14.1. The van der Waals surface area contributed by atoms with Crippen molar-refractivity contribution in [1.29, 1.82) is 0 Å². The van der Waals surface area contributed by atoms with Crippen LogP contribution in [0.1, 0.15) is 34.3 Å². The van der Waals surface area contributed by atoms with Gasteiger partial charge in [0.15, 0.2) is 0 Å². The monoisotopic (exact) mass is 340 g/mol. The molecule has 25 heavy (non-hydrogen) atoms. The van der Waals surface area contributed by atoms with Crippen molar-refractivity contribution in [3.05, 3.63) is 69.3 Å². The normalized spacial score (nSPS) is 13.7. The van der Waals surface area contributed by atoms with Gasteiger partial charge in [-0.15, -0.1) is 0 Å². The van der Waals surface area contributed by atoms with E-state index in [1.54, 1.807) is 19.1 Å². The SMILES string of the molecule is Cc1cc(OCc2ccc(C(=O)N3CCCC3)cc2)ccc1[N+](=O)[O-]. The molecule has 1 amide bonds. The Kier molecular flexibility index (Phi) is 4.97. The fourth-order valence-electron chi connectivity index (χ4n) is 2.94. The first kappa shape index (κ1) is 17.0. The molecular formula is C19H20N2O4. The van der Waals surface area contributed by atoms with Crippen molar-refractivity contribution in [3.63, 3.8) is 0 Å². The van der Waals surface area contributed by atoms with Crippen LogP contribution in [0.4, 0.5) is 5.69 Å². The molecule has 0 saturated carbocycles. The second kappa shape index (κ2) is 7.34. The van der Waals surface area contributed by atoms with E-state index >= 15 is 0 Å². The second-order valence-corrected chi connectivity index (χ2v) is 6.19. The van der Waals surface area contributed by atoms with Gasteiger partial charge in [-0.05, 0) is 49.6 Å². The molecule has 2 aromatic rings. The molecule has 1 aliphatic rings. The first-order valence-electron chi connectivity index (χ1n) is 8.30. The van der Waals surface area contributed by atoms with Crippen LogP contribution < -0.4 is 4.74 Å². The van der Waals surface area contributed by atoms with E-state index in [9.17, 15) is 14.9 Å². The van der Waals surface area contributed by atoms with Gasteiger partial charge in [0.2, 0.25) is 0 Å². The Morgan fingerprint density at radius 2 is 1.84 bits per heavy atom. The van der Waals surface area contributed by atoms with E-state index in [2.05, 4.69) is 0 Å². The van der Waals surface area contributed by atoms with Crippen molar-refractivity contribution < 1.29 is 14.5 Å². The average Bonchev–Trinajstić information content (AvgIpc) is 3.14. The number of nitro groups is 1. The number of rotatable bonds is 5. The number of carbonyl (C=O) groups is 1. The highest BCUT2D eigenvalue weighted by molar-refractivity contribution is 5.94. The van der Waals surface area contributed by atoms with Gasteiger partial charge >= 0.3 is 0 Å². The lowest BCUT2D eigenvalue weighted by Gasteiger charge is -2.15. The summed E-state index contributed by atoms with van der Waals surface area (Å²) in [4.78, 5) is 24.6. The Morgan fingerprint density at radius 1 is 1.16 bits per heavy atom. The molecule has 130 valence electrons. The molecule has 3 rings (SSSR count). The Hall–Kier alpha value is -2.89. The molecular weight excluding hydrogens is 320 g/mol. The molecule has 6 nitrogen and oxygen atoms in total. The number of aryl methyl sites for hydroxylation is 1. The summed E-state index contributed by atoms with van der Waals surface area (Å²) in [6.45, 7) is 3.70. The summed E-state index contributed by atoms with van der Waals surface area (Å²) in [7, 11) is 0. The first-order valence-corrected chi connectivity index (χ1v) is 8.30. The highest BCUT2D eigenvalue weighted by atomic mass is 16.6. The third kappa shape index (κ3) is 3.96. The van der Waals surface area contributed by atoms with E-state index in [4.69, 9.17) is 4.74 Å². The number of nitrogens with zero attached hydrogens (tertiary/aromatic N) is 2. The largest absolute Gasteiger partial charge is 0.489 e. The number of hydrogen-bond acceptors (Lipinski definition) is 4. The fourth-order valence-corrected chi connectivity index (χ4v) is 2.94. The average molecular weight is 340 g/mol. The predicted octanol–water partition coefficient (Wildman–Crippen LogP) is 3.72. The summed E-state index contributed by atoms with van der Waals surface area (Å²) in [5, 5.41) is 10.8. The standard InChI is InChI=1S/C19H20N2O4/c1-14-12-17(8-9-18(14)21(23)24)25-13-15-4-6-16(7-5-15)19(22)20-10-2-3-11-20/h4-9,12H,2-3,10-11,13H2,1H3. The summed E-state index contributed by atoms with van der Waals surface area (Å²) in [6, 6.07) is 12.1. The van der Waals surface area contributed by atoms with Crippen molar-refractivity contribution >= 4 is 11.6 Å². The van der Waals surface area contributed by atoms with Gasteiger partial charge in [0, 0.05) is 30.3 Å². The van der Waals surface area contributed by atoms with Crippen LogP contribution in [0.2, 0.25) is 0 Å². The van der Waals surface area contributed by atoms with Crippen LogP contribution in [-0.2, 0) is 6.61 Å². The molecule has 6 heteroatoms. The fraction of sp³-hybridized carbons (Fsp3) is 0.316. The Bertz CT molecular complexity index is 781. The number of nitro benzene ring substituents is 1. The predicted molar refractivity (Wildman–Crippen MR) is 93.7 cm³/mol. The minimum Gasteiger partial charge on any atom is -0.489 e. The maximum atomic E-state index is 12.3. The molecule has 1 saturated heterocycles. The topological polar surface area (TPSA) is 72.7 Å². The van der Waals surface area contributed by atoms with Crippen LogP contribution >= 0.6 is 0 Å². The van der Waals surface area contributed by atoms with E-state index in [1.165, 1.54) is 6.07 Å². The van der Waals surface area contributed by atoms with E-state index in [1.807, 2.05) is 29.2 Å². The molecule has 0 aliphatic carbocycles.